The van der Waals surface area contributed by atoms with Gasteiger partial charge in [0.2, 0.25) is 0 Å². The van der Waals surface area contributed by atoms with Gasteiger partial charge in [0.05, 0.1) is 11.4 Å². The van der Waals surface area contributed by atoms with E-state index in [1.807, 2.05) is 17.4 Å². The average molecular weight is 835 g/mol. The molecule has 12 rings (SSSR count). The number of benzene rings is 9. The minimum Gasteiger partial charge on any atom is -0.228 e. The van der Waals surface area contributed by atoms with E-state index in [1.54, 1.807) is 0 Å². The molecule has 302 valence electrons. The highest BCUT2D eigenvalue weighted by molar-refractivity contribution is 7.25. The Hall–Kier alpha value is -7.72. The number of hydrogen-bond donors (Lipinski definition) is 0. The second-order valence-electron chi connectivity index (χ2n) is 17.3. The summed E-state index contributed by atoms with van der Waals surface area (Å²) in [4.78, 5) is 10.8. The Morgan fingerprint density at radius 1 is 0.328 bits per heavy atom. The van der Waals surface area contributed by atoms with E-state index in [2.05, 4.69) is 226 Å². The number of rotatable bonds is 7. The van der Waals surface area contributed by atoms with Gasteiger partial charge in [0.15, 0.2) is 5.82 Å². The zero-order valence-electron chi connectivity index (χ0n) is 35.6. The number of thiophene rings is 1. The van der Waals surface area contributed by atoms with E-state index in [1.165, 1.54) is 75.8 Å². The first-order chi connectivity index (χ1) is 31.5. The molecular weight excluding hydrogens is 793 g/mol. The van der Waals surface area contributed by atoms with Crippen LogP contribution in [0.15, 0.2) is 218 Å². The Balaban J connectivity index is 1.06. The molecule has 1 aliphatic rings. The maximum atomic E-state index is 5.40. The number of aromatic nitrogens is 2. The molecule has 0 bridgehead atoms. The van der Waals surface area contributed by atoms with Crippen LogP contribution in [-0.4, -0.2) is 9.97 Å². The van der Waals surface area contributed by atoms with E-state index in [-0.39, 0.29) is 5.41 Å². The molecule has 11 aromatic rings. The van der Waals surface area contributed by atoms with Gasteiger partial charge in [-0.25, -0.2) is 9.97 Å². The molecule has 0 aliphatic heterocycles. The Morgan fingerprint density at radius 2 is 0.891 bits per heavy atom. The maximum absolute atomic E-state index is 5.40. The van der Waals surface area contributed by atoms with Crippen molar-refractivity contribution in [1.82, 2.24) is 9.97 Å². The normalized spacial score (nSPS) is 12.7. The summed E-state index contributed by atoms with van der Waals surface area (Å²) >= 11 is 1.85. The van der Waals surface area contributed by atoms with Gasteiger partial charge in [-0.05, 0) is 115 Å². The lowest BCUT2D eigenvalue weighted by molar-refractivity contribution is 0.660. The second-order valence-corrected chi connectivity index (χ2v) is 18.4. The number of fused-ring (bicyclic) bond motifs is 6. The third-order valence-corrected chi connectivity index (χ3v) is 14.3. The summed E-state index contributed by atoms with van der Waals surface area (Å²) < 4.78 is 2.60. The van der Waals surface area contributed by atoms with Crippen LogP contribution in [0.2, 0.25) is 0 Å². The van der Waals surface area contributed by atoms with Crippen molar-refractivity contribution in [1.29, 1.82) is 0 Å². The molecule has 0 spiro atoms. The summed E-state index contributed by atoms with van der Waals surface area (Å²) in [5.41, 5.74) is 19.4. The lowest BCUT2D eigenvalue weighted by Crippen LogP contribution is -2.15. The standard InChI is InChI=1S/C61H42N2S/c1-61(2)53-27-16-26-49(40-19-8-4-9-20-40)59(53)51-31-29-43(37-54(51)61)55-38-56(63-60(62-55)41-21-10-5-11-22-41)46-34-44(42-30-32-58-52(36-42)50-25-14-15-28-57(50)64-58)33-45(35-46)48-24-13-12-23-47(48)39-17-6-3-7-18-39/h3-38H,1-2H3. The lowest BCUT2D eigenvalue weighted by Gasteiger charge is -2.22. The molecule has 3 heteroatoms. The van der Waals surface area contributed by atoms with Crippen molar-refractivity contribution in [2.45, 2.75) is 19.3 Å². The van der Waals surface area contributed by atoms with Crippen LogP contribution < -0.4 is 0 Å². The topological polar surface area (TPSA) is 25.8 Å². The van der Waals surface area contributed by atoms with Crippen LogP contribution in [0.25, 0.3) is 110 Å². The van der Waals surface area contributed by atoms with Gasteiger partial charge >= 0.3 is 0 Å². The van der Waals surface area contributed by atoms with Crippen molar-refractivity contribution in [3.05, 3.63) is 230 Å². The molecule has 2 aromatic heterocycles. The minimum atomic E-state index is -0.201. The van der Waals surface area contributed by atoms with Crippen LogP contribution >= 0.6 is 11.3 Å². The molecule has 0 fully saturated rings. The molecule has 0 unspecified atom stereocenters. The zero-order valence-corrected chi connectivity index (χ0v) is 36.4. The molecule has 64 heavy (non-hydrogen) atoms. The van der Waals surface area contributed by atoms with Crippen molar-refractivity contribution in [3.8, 4) is 89.5 Å². The van der Waals surface area contributed by atoms with Gasteiger partial charge in [0.25, 0.3) is 0 Å². The highest BCUT2D eigenvalue weighted by Gasteiger charge is 2.37. The Kier molecular flexibility index (Phi) is 9.06. The average Bonchev–Trinajstić information content (AvgIpc) is 3.85. The number of hydrogen-bond acceptors (Lipinski definition) is 3. The van der Waals surface area contributed by atoms with Crippen LogP contribution in [0.1, 0.15) is 25.0 Å². The first-order valence-corrected chi connectivity index (χ1v) is 22.8. The van der Waals surface area contributed by atoms with Crippen molar-refractivity contribution in [2.75, 3.05) is 0 Å². The fourth-order valence-corrected chi connectivity index (χ4v) is 11.0. The summed E-state index contributed by atoms with van der Waals surface area (Å²) in [6.07, 6.45) is 0. The van der Waals surface area contributed by atoms with E-state index in [9.17, 15) is 0 Å². The smallest absolute Gasteiger partial charge is 0.160 e. The van der Waals surface area contributed by atoms with Gasteiger partial charge in [0, 0.05) is 42.3 Å². The fourth-order valence-electron chi connectivity index (χ4n) is 9.87. The second kappa shape index (κ2) is 15.3. The van der Waals surface area contributed by atoms with Crippen LogP contribution in [0.3, 0.4) is 0 Å². The predicted molar refractivity (Wildman–Crippen MR) is 271 cm³/mol. The van der Waals surface area contributed by atoms with Crippen LogP contribution in [0.4, 0.5) is 0 Å². The van der Waals surface area contributed by atoms with Gasteiger partial charge in [0.1, 0.15) is 0 Å². The molecule has 0 radical (unpaired) electrons. The monoisotopic (exact) mass is 834 g/mol. The fraction of sp³-hybridized carbons (Fsp3) is 0.0492. The highest BCUT2D eigenvalue weighted by atomic mass is 32.1. The molecular formula is C61H42N2S. The Morgan fingerprint density at radius 3 is 1.64 bits per heavy atom. The van der Waals surface area contributed by atoms with Gasteiger partial charge in [-0.2, -0.15) is 0 Å². The van der Waals surface area contributed by atoms with Gasteiger partial charge in [-0.15, -0.1) is 11.3 Å². The molecule has 2 heterocycles. The zero-order chi connectivity index (χ0) is 42.8. The van der Waals surface area contributed by atoms with E-state index in [0.717, 1.165) is 39.2 Å². The molecule has 9 aromatic carbocycles. The highest BCUT2D eigenvalue weighted by Crippen LogP contribution is 2.53. The first kappa shape index (κ1) is 38.0. The molecule has 0 saturated carbocycles. The molecule has 0 atom stereocenters. The van der Waals surface area contributed by atoms with E-state index >= 15 is 0 Å². The SMILES string of the molecule is CC1(C)c2cc(-c3cc(-c4cc(-c5ccc6sc7ccccc7c6c5)cc(-c5ccccc5-c5ccccc5)c4)nc(-c4ccccc4)n3)ccc2-c2c(-c3ccccc3)cccc21. The van der Waals surface area contributed by atoms with Crippen molar-refractivity contribution < 1.29 is 0 Å². The molecule has 2 nitrogen and oxygen atoms in total. The number of nitrogens with zero attached hydrogens (tertiary/aromatic N) is 2. The van der Waals surface area contributed by atoms with E-state index < -0.39 is 0 Å². The van der Waals surface area contributed by atoms with Gasteiger partial charge in [-0.1, -0.05) is 184 Å². The summed E-state index contributed by atoms with van der Waals surface area (Å²) in [7, 11) is 0. The largest absolute Gasteiger partial charge is 0.228 e. The summed E-state index contributed by atoms with van der Waals surface area (Å²) in [5, 5.41) is 2.57. The molecule has 1 aliphatic carbocycles. The van der Waals surface area contributed by atoms with Crippen molar-refractivity contribution >= 4 is 31.5 Å². The van der Waals surface area contributed by atoms with Crippen LogP contribution in [-0.2, 0) is 5.41 Å². The van der Waals surface area contributed by atoms with E-state index in [4.69, 9.17) is 9.97 Å². The summed E-state index contributed by atoms with van der Waals surface area (Å²) in [6.45, 7) is 4.71. The molecule has 0 N–H and O–H groups in total. The van der Waals surface area contributed by atoms with Gasteiger partial charge < -0.3 is 0 Å². The molecule has 0 amide bonds. The quantitative estimate of drug-likeness (QED) is 0.160. The summed E-state index contributed by atoms with van der Waals surface area (Å²) in [6, 6.07) is 79.2. The van der Waals surface area contributed by atoms with Crippen molar-refractivity contribution in [3.63, 3.8) is 0 Å². The van der Waals surface area contributed by atoms with Gasteiger partial charge in [-0.3, -0.25) is 0 Å². The first-order valence-electron chi connectivity index (χ1n) is 22.0. The van der Waals surface area contributed by atoms with Crippen LogP contribution in [0, 0.1) is 0 Å². The van der Waals surface area contributed by atoms with E-state index in [0.29, 0.717) is 5.82 Å². The van der Waals surface area contributed by atoms with Crippen molar-refractivity contribution in [2.24, 2.45) is 0 Å². The summed E-state index contributed by atoms with van der Waals surface area (Å²) in [5.74, 6) is 0.699. The molecule has 0 saturated heterocycles. The minimum absolute atomic E-state index is 0.201. The third-order valence-electron chi connectivity index (χ3n) is 13.1. The Labute approximate surface area is 377 Å². The lowest BCUT2D eigenvalue weighted by atomic mass is 9.81. The Bertz CT molecular complexity index is 3570. The third kappa shape index (κ3) is 6.47. The predicted octanol–water partition coefficient (Wildman–Crippen LogP) is 16.8. The van der Waals surface area contributed by atoms with Crippen LogP contribution in [0.5, 0.6) is 0 Å². The maximum Gasteiger partial charge on any atom is 0.160 e.